The Hall–Kier alpha value is -1.50. The van der Waals surface area contributed by atoms with E-state index in [0.29, 0.717) is 18.2 Å². The zero-order valence-corrected chi connectivity index (χ0v) is 17.6. The van der Waals surface area contributed by atoms with Crippen molar-refractivity contribution in [2.75, 3.05) is 18.5 Å². The number of benzene rings is 2. The highest BCUT2D eigenvalue weighted by atomic mass is 35.5. The van der Waals surface area contributed by atoms with Crippen LogP contribution in [0.15, 0.2) is 30.3 Å². The fourth-order valence-corrected chi connectivity index (χ4v) is 3.88. The van der Waals surface area contributed by atoms with Crippen molar-refractivity contribution in [3.63, 3.8) is 0 Å². The topological polar surface area (TPSA) is 67.4 Å². The summed E-state index contributed by atoms with van der Waals surface area (Å²) in [6.45, 7) is 1.05. The first-order chi connectivity index (χ1) is 13.3. The Labute approximate surface area is 182 Å². The maximum absolute atomic E-state index is 12.7. The van der Waals surface area contributed by atoms with Gasteiger partial charge in [-0.25, -0.2) is 0 Å². The molecule has 9 heteroatoms. The molecule has 1 fully saturated rings. The number of anilines is 1. The van der Waals surface area contributed by atoms with Crippen molar-refractivity contribution in [1.82, 2.24) is 5.32 Å². The molecular formula is C19H16Cl4N2O3. The molecule has 1 aliphatic heterocycles. The molecule has 0 aliphatic carbocycles. The van der Waals surface area contributed by atoms with Gasteiger partial charge in [0, 0.05) is 23.2 Å². The molecular weight excluding hydrogens is 446 g/mol. The first-order valence-electron chi connectivity index (χ1n) is 8.50. The van der Waals surface area contributed by atoms with Crippen LogP contribution in [0.2, 0.25) is 20.1 Å². The zero-order valence-electron chi connectivity index (χ0n) is 14.5. The molecule has 2 aromatic carbocycles. The smallest absolute Gasteiger partial charge is 0.257 e. The van der Waals surface area contributed by atoms with Crippen LogP contribution in [0.25, 0.3) is 0 Å². The molecule has 5 nitrogen and oxygen atoms in total. The van der Waals surface area contributed by atoms with Crippen LogP contribution in [0.3, 0.4) is 0 Å². The summed E-state index contributed by atoms with van der Waals surface area (Å²) >= 11 is 24.2. The lowest BCUT2D eigenvalue weighted by atomic mass is 10.1. The third-order valence-corrected chi connectivity index (χ3v) is 5.29. The number of carbonyl (C=O) groups excluding carboxylic acids is 2. The van der Waals surface area contributed by atoms with Gasteiger partial charge in [-0.15, -0.1) is 0 Å². The second-order valence-electron chi connectivity index (χ2n) is 6.23. The molecule has 148 valence electrons. The summed E-state index contributed by atoms with van der Waals surface area (Å²) in [5, 5.41) is 6.42. The number of hydrogen-bond donors (Lipinski definition) is 2. The second-order valence-corrected chi connectivity index (χ2v) is 7.92. The summed E-state index contributed by atoms with van der Waals surface area (Å²) in [6.07, 6.45) is 1.83. The fourth-order valence-electron chi connectivity index (χ4n) is 2.84. The van der Waals surface area contributed by atoms with Gasteiger partial charge in [0.2, 0.25) is 0 Å². The Kier molecular flexibility index (Phi) is 7.07. The molecule has 2 N–H and O–H groups in total. The summed E-state index contributed by atoms with van der Waals surface area (Å²) in [5.74, 6) is -0.948. The maximum atomic E-state index is 12.7. The normalized spacial score (nSPS) is 16.1. The van der Waals surface area contributed by atoms with Gasteiger partial charge < -0.3 is 15.4 Å². The van der Waals surface area contributed by atoms with E-state index in [-0.39, 0.29) is 38.0 Å². The molecule has 0 bridgehead atoms. The Morgan fingerprint density at radius 2 is 1.71 bits per heavy atom. The average Bonchev–Trinajstić information content (AvgIpc) is 3.15. The fraction of sp³-hybridized carbons (Fsp3) is 0.263. The van der Waals surface area contributed by atoms with Crippen molar-refractivity contribution in [1.29, 1.82) is 0 Å². The highest BCUT2D eigenvalue weighted by Gasteiger charge is 2.22. The van der Waals surface area contributed by atoms with Gasteiger partial charge >= 0.3 is 0 Å². The number of rotatable bonds is 5. The Morgan fingerprint density at radius 1 is 0.964 bits per heavy atom. The van der Waals surface area contributed by atoms with Crippen molar-refractivity contribution in [2.45, 2.75) is 18.9 Å². The second kappa shape index (κ2) is 9.33. The zero-order chi connectivity index (χ0) is 20.3. The van der Waals surface area contributed by atoms with Crippen molar-refractivity contribution in [3.05, 3.63) is 61.5 Å². The van der Waals surface area contributed by atoms with E-state index in [1.165, 1.54) is 24.3 Å². The van der Waals surface area contributed by atoms with Crippen LogP contribution in [-0.4, -0.2) is 31.1 Å². The van der Waals surface area contributed by atoms with Crippen molar-refractivity contribution in [2.24, 2.45) is 0 Å². The van der Waals surface area contributed by atoms with E-state index in [2.05, 4.69) is 10.6 Å². The SMILES string of the molecule is O=C(Nc1c(Cl)cc(Cl)cc1C(=O)NCC1CCCO1)c1ccc(Cl)cc1Cl. The molecule has 0 radical (unpaired) electrons. The lowest BCUT2D eigenvalue weighted by Gasteiger charge is -2.16. The Bertz CT molecular complexity index is 914. The number of halogens is 4. The first kappa shape index (κ1) is 21.2. The lowest BCUT2D eigenvalue weighted by molar-refractivity contribution is 0.0858. The van der Waals surface area contributed by atoms with E-state index in [4.69, 9.17) is 51.1 Å². The predicted octanol–water partition coefficient (Wildman–Crippen LogP) is 5.46. The van der Waals surface area contributed by atoms with Crippen LogP contribution < -0.4 is 10.6 Å². The molecule has 3 rings (SSSR count). The third-order valence-electron chi connectivity index (χ3n) is 4.23. The molecule has 0 saturated carbocycles. The van der Waals surface area contributed by atoms with Gasteiger partial charge in [-0.2, -0.15) is 0 Å². The quantitative estimate of drug-likeness (QED) is 0.620. The summed E-state index contributed by atoms with van der Waals surface area (Å²) in [7, 11) is 0. The molecule has 28 heavy (non-hydrogen) atoms. The van der Waals surface area contributed by atoms with Crippen LogP contribution in [0.4, 0.5) is 5.69 Å². The largest absolute Gasteiger partial charge is 0.376 e. The average molecular weight is 462 g/mol. The number of amides is 2. The van der Waals surface area contributed by atoms with Gasteiger partial charge in [0.05, 0.1) is 33.0 Å². The van der Waals surface area contributed by atoms with Gasteiger partial charge in [0.25, 0.3) is 11.8 Å². The van der Waals surface area contributed by atoms with Crippen molar-refractivity contribution >= 4 is 63.9 Å². The summed E-state index contributed by atoms with van der Waals surface area (Å²) in [5.41, 5.74) is 0.489. The van der Waals surface area contributed by atoms with E-state index in [1.54, 1.807) is 6.07 Å². The molecule has 0 aromatic heterocycles. The van der Waals surface area contributed by atoms with Crippen molar-refractivity contribution < 1.29 is 14.3 Å². The maximum Gasteiger partial charge on any atom is 0.257 e. The number of hydrogen-bond acceptors (Lipinski definition) is 3. The van der Waals surface area contributed by atoms with E-state index in [9.17, 15) is 9.59 Å². The minimum absolute atomic E-state index is 0.0236. The number of ether oxygens (including phenoxy) is 1. The predicted molar refractivity (Wildman–Crippen MR) is 112 cm³/mol. The first-order valence-corrected chi connectivity index (χ1v) is 10.0. The van der Waals surface area contributed by atoms with Gasteiger partial charge in [-0.05, 0) is 43.2 Å². The van der Waals surface area contributed by atoms with Crippen LogP contribution in [-0.2, 0) is 4.74 Å². The molecule has 1 aliphatic rings. The van der Waals surface area contributed by atoms with Crippen molar-refractivity contribution in [3.8, 4) is 0 Å². The monoisotopic (exact) mass is 460 g/mol. The highest BCUT2D eigenvalue weighted by molar-refractivity contribution is 6.39. The molecule has 1 atom stereocenters. The van der Waals surface area contributed by atoms with Crippen LogP contribution in [0.1, 0.15) is 33.6 Å². The van der Waals surface area contributed by atoms with Crippen LogP contribution in [0, 0.1) is 0 Å². The van der Waals surface area contributed by atoms with E-state index >= 15 is 0 Å². The van der Waals surface area contributed by atoms with Gasteiger partial charge in [0.1, 0.15) is 0 Å². The summed E-state index contributed by atoms with van der Waals surface area (Å²) in [4.78, 5) is 25.3. The Morgan fingerprint density at radius 3 is 2.39 bits per heavy atom. The van der Waals surface area contributed by atoms with E-state index < -0.39 is 11.8 Å². The molecule has 2 amide bonds. The molecule has 1 heterocycles. The minimum atomic E-state index is -0.529. The van der Waals surface area contributed by atoms with Gasteiger partial charge in [-0.3, -0.25) is 9.59 Å². The minimum Gasteiger partial charge on any atom is -0.376 e. The number of carbonyl (C=O) groups is 2. The van der Waals surface area contributed by atoms with Gasteiger partial charge in [0.15, 0.2) is 0 Å². The molecule has 0 spiro atoms. The van der Waals surface area contributed by atoms with Crippen LogP contribution in [0.5, 0.6) is 0 Å². The standard InChI is InChI=1S/C19H16Cl4N2O3/c20-10-3-4-13(15(22)7-10)19(27)25-17-14(6-11(21)8-16(17)23)18(26)24-9-12-2-1-5-28-12/h3-4,6-8,12H,1-2,5,9H2,(H,24,26)(H,25,27). The lowest BCUT2D eigenvalue weighted by Crippen LogP contribution is -2.32. The summed E-state index contributed by atoms with van der Waals surface area (Å²) in [6, 6.07) is 7.37. The summed E-state index contributed by atoms with van der Waals surface area (Å²) < 4.78 is 5.50. The highest BCUT2D eigenvalue weighted by Crippen LogP contribution is 2.31. The molecule has 2 aromatic rings. The molecule has 1 unspecified atom stereocenters. The number of nitrogens with one attached hydrogen (secondary N) is 2. The third kappa shape index (κ3) is 5.10. The van der Waals surface area contributed by atoms with Gasteiger partial charge in [-0.1, -0.05) is 46.4 Å². The Balaban J connectivity index is 1.83. The van der Waals surface area contributed by atoms with E-state index in [1.807, 2.05) is 0 Å². The van der Waals surface area contributed by atoms with E-state index in [0.717, 1.165) is 12.8 Å². The molecule has 1 saturated heterocycles. The van der Waals surface area contributed by atoms with Crippen LogP contribution >= 0.6 is 46.4 Å².